The minimum Gasteiger partial charge on any atom is -0.324 e. The summed E-state index contributed by atoms with van der Waals surface area (Å²) >= 11 is 3.35. The van der Waals surface area contributed by atoms with Crippen molar-refractivity contribution in [2.24, 2.45) is 0 Å². The molecule has 2 aromatic carbocycles. The second-order valence-corrected chi connectivity index (χ2v) is 6.04. The van der Waals surface area contributed by atoms with Crippen molar-refractivity contribution in [3.8, 4) is 11.4 Å². The van der Waals surface area contributed by atoms with E-state index in [0.29, 0.717) is 11.3 Å². The first-order valence-corrected chi connectivity index (χ1v) is 7.94. The lowest BCUT2D eigenvalue weighted by Gasteiger charge is -2.10. The number of aromatic nitrogens is 4. The van der Waals surface area contributed by atoms with Gasteiger partial charge in [-0.15, -0.1) is 10.2 Å². The number of anilines is 1. The number of hydrogen-bond acceptors (Lipinski definition) is 4. The fourth-order valence-electron chi connectivity index (χ4n) is 2.05. The summed E-state index contributed by atoms with van der Waals surface area (Å²) in [6, 6.07) is 12.5. The van der Waals surface area contributed by atoms with Crippen LogP contribution >= 0.6 is 15.9 Å². The molecular formula is C16H13BrFN5O. The van der Waals surface area contributed by atoms with E-state index < -0.39 is 6.04 Å². The highest BCUT2D eigenvalue weighted by Gasteiger charge is 2.19. The minimum atomic E-state index is -0.668. The molecule has 3 aromatic rings. The van der Waals surface area contributed by atoms with Gasteiger partial charge in [-0.25, -0.2) is 4.39 Å². The van der Waals surface area contributed by atoms with Gasteiger partial charge < -0.3 is 5.32 Å². The molecule has 24 heavy (non-hydrogen) atoms. The lowest BCUT2D eigenvalue weighted by Crippen LogP contribution is -2.25. The summed E-state index contributed by atoms with van der Waals surface area (Å²) in [5, 5.41) is 14.7. The number of hydrogen-bond donors (Lipinski definition) is 1. The van der Waals surface area contributed by atoms with Crippen LogP contribution in [0.25, 0.3) is 11.4 Å². The molecule has 0 aliphatic heterocycles. The molecule has 122 valence electrons. The number of amides is 1. The summed E-state index contributed by atoms with van der Waals surface area (Å²) in [5.74, 6) is -0.405. The van der Waals surface area contributed by atoms with E-state index in [-0.39, 0.29) is 17.5 Å². The highest BCUT2D eigenvalue weighted by molar-refractivity contribution is 9.10. The molecule has 1 aromatic heterocycles. The second kappa shape index (κ2) is 6.88. The smallest absolute Gasteiger partial charge is 0.250 e. The van der Waals surface area contributed by atoms with Crippen molar-refractivity contribution in [3.63, 3.8) is 0 Å². The van der Waals surface area contributed by atoms with Crippen LogP contribution in [0.4, 0.5) is 10.1 Å². The molecule has 3 rings (SSSR count). The third-order valence-corrected chi connectivity index (χ3v) is 3.82. The minimum absolute atomic E-state index is 0.261. The van der Waals surface area contributed by atoms with Crippen LogP contribution < -0.4 is 5.32 Å². The number of rotatable bonds is 4. The van der Waals surface area contributed by atoms with E-state index >= 15 is 0 Å². The monoisotopic (exact) mass is 389 g/mol. The third kappa shape index (κ3) is 3.65. The molecule has 6 nitrogen and oxygen atoms in total. The Kier molecular flexibility index (Phi) is 4.66. The molecule has 0 bridgehead atoms. The predicted molar refractivity (Wildman–Crippen MR) is 90.7 cm³/mol. The van der Waals surface area contributed by atoms with Gasteiger partial charge >= 0.3 is 0 Å². The summed E-state index contributed by atoms with van der Waals surface area (Å²) in [5.41, 5.74) is 1.16. The number of carbonyl (C=O) groups is 1. The van der Waals surface area contributed by atoms with Gasteiger partial charge in [0, 0.05) is 15.7 Å². The SMILES string of the molecule is CC(C(=O)Nc1cccc(Br)c1)n1nnc(-c2cccc(F)c2)n1. The van der Waals surface area contributed by atoms with Gasteiger partial charge in [0.15, 0.2) is 0 Å². The average Bonchev–Trinajstić information content (AvgIpc) is 3.04. The zero-order chi connectivity index (χ0) is 17.1. The Hall–Kier alpha value is -2.61. The van der Waals surface area contributed by atoms with Gasteiger partial charge in [0.2, 0.25) is 5.82 Å². The summed E-state index contributed by atoms with van der Waals surface area (Å²) in [6.07, 6.45) is 0. The Labute approximate surface area is 145 Å². The fraction of sp³-hybridized carbons (Fsp3) is 0.125. The summed E-state index contributed by atoms with van der Waals surface area (Å²) in [7, 11) is 0. The molecule has 1 atom stereocenters. The number of benzene rings is 2. The van der Waals surface area contributed by atoms with Crippen LogP contribution in [0.15, 0.2) is 53.0 Å². The molecule has 0 saturated carbocycles. The molecule has 0 fully saturated rings. The quantitative estimate of drug-likeness (QED) is 0.741. The molecule has 1 amide bonds. The second-order valence-electron chi connectivity index (χ2n) is 5.12. The third-order valence-electron chi connectivity index (χ3n) is 3.33. The normalized spacial score (nSPS) is 12.0. The van der Waals surface area contributed by atoms with E-state index in [0.717, 1.165) is 4.47 Å². The average molecular weight is 390 g/mol. The largest absolute Gasteiger partial charge is 0.324 e. The topological polar surface area (TPSA) is 72.7 Å². The van der Waals surface area contributed by atoms with Crippen molar-refractivity contribution in [3.05, 3.63) is 58.8 Å². The maximum Gasteiger partial charge on any atom is 0.250 e. The first kappa shape index (κ1) is 16.3. The molecule has 0 aliphatic carbocycles. The lowest BCUT2D eigenvalue weighted by molar-refractivity contribution is -0.119. The Morgan fingerprint density at radius 3 is 2.79 bits per heavy atom. The first-order valence-electron chi connectivity index (χ1n) is 7.15. The van der Waals surface area contributed by atoms with Crippen molar-refractivity contribution in [2.75, 3.05) is 5.32 Å². The molecule has 1 heterocycles. The van der Waals surface area contributed by atoms with Crippen molar-refractivity contribution >= 4 is 27.5 Å². The molecule has 0 spiro atoms. The fourth-order valence-corrected chi connectivity index (χ4v) is 2.45. The van der Waals surface area contributed by atoms with Gasteiger partial charge in [-0.1, -0.05) is 34.1 Å². The van der Waals surface area contributed by atoms with Crippen molar-refractivity contribution in [1.82, 2.24) is 20.2 Å². The molecule has 1 N–H and O–H groups in total. The van der Waals surface area contributed by atoms with Crippen LogP contribution in [0.2, 0.25) is 0 Å². The standard InChI is InChI=1S/C16H13BrFN5O/c1-10(16(24)19-14-7-3-5-12(17)9-14)23-21-15(20-22-23)11-4-2-6-13(18)8-11/h2-10H,1H3,(H,19,24). The maximum absolute atomic E-state index is 13.3. The zero-order valence-corrected chi connectivity index (χ0v) is 14.2. The van der Waals surface area contributed by atoms with Gasteiger partial charge in [0.05, 0.1) is 0 Å². The zero-order valence-electron chi connectivity index (χ0n) is 12.6. The molecule has 1 unspecified atom stereocenters. The van der Waals surface area contributed by atoms with Crippen molar-refractivity contribution in [2.45, 2.75) is 13.0 Å². The maximum atomic E-state index is 13.3. The van der Waals surface area contributed by atoms with E-state index in [4.69, 9.17) is 0 Å². The van der Waals surface area contributed by atoms with Crippen LogP contribution in [0.3, 0.4) is 0 Å². The lowest BCUT2D eigenvalue weighted by atomic mass is 10.2. The van der Waals surface area contributed by atoms with E-state index in [1.54, 1.807) is 31.2 Å². The number of carbonyl (C=O) groups excluding carboxylic acids is 1. The van der Waals surface area contributed by atoms with Crippen LogP contribution in [-0.2, 0) is 4.79 Å². The Morgan fingerprint density at radius 2 is 2.04 bits per heavy atom. The number of tetrazole rings is 1. The van der Waals surface area contributed by atoms with E-state index in [9.17, 15) is 9.18 Å². The van der Waals surface area contributed by atoms with Crippen LogP contribution in [0, 0.1) is 5.82 Å². The van der Waals surface area contributed by atoms with Gasteiger partial charge in [-0.2, -0.15) is 4.80 Å². The van der Waals surface area contributed by atoms with E-state index in [2.05, 4.69) is 36.7 Å². The van der Waals surface area contributed by atoms with Gasteiger partial charge in [0.25, 0.3) is 5.91 Å². The number of nitrogens with zero attached hydrogens (tertiary/aromatic N) is 4. The Morgan fingerprint density at radius 1 is 1.25 bits per heavy atom. The highest BCUT2D eigenvalue weighted by Crippen LogP contribution is 2.18. The van der Waals surface area contributed by atoms with Crippen molar-refractivity contribution in [1.29, 1.82) is 0 Å². The van der Waals surface area contributed by atoms with Crippen LogP contribution in [-0.4, -0.2) is 26.1 Å². The molecule has 0 radical (unpaired) electrons. The highest BCUT2D eigenvalue weighted by atomic mass is 79.9. The molecule has 0 saturated heterocycles. The summed E-state index contributed by atoms with van der Waals surface area (Å²) in [4.78, 5) is 13.5. The molecule has 0 aliphatic rings. The Bertz CT molecular complexity index is 882. The van der Waals surface area contributed by atoms with Gasteiger partial charge in [0.1, 0.15) is 11.9 Å². The Balaban J connectivity index is 1.75. The summed E-state index contributed by atoms with van der Waals surface area (Å²) < 4.78 is 14.1. The van der Waals surface area contributed by atoms with Gasteiger partial charge in [-0.3, -0.25) is 4.79 Å². The van der Waals surface area contributed by atoms with Crippen LogP contribution in [0.1, 0.15) is 13.0 Å². The first-order chi connectivity index (χ1) is 11.5. The number of nitrogens with one attached hydrogen (secondary N) is 1. The van der Waals surface area contributed by atoms with Crippen LogP contribution in [0.5, 0.6) is 0 Å². The molecule has 8 heteroatoms. The van der Waals surface area contributed by atoms with Crippen molar-refractivity contribution < 1.29 is 9.18 Å². The van der Waals surface area contributed by atoms with E-state index in [1.165, 1.54) is 16.9 Å². The number of halogens is 2. The van der Waals surface area contributed by atoms with E-state index in [1.807, 2.05) is 12.1 Å². The predicted octanol–water partition coefficient (Wildman–Crippen LogP) is 3.44. The summed E-state index contributed by atoms with van der Waals surface area (Å²) in [6.45, 7) is 1.66. The van der Waals surface area contributed by atoms with Gasteiger partial charge in [-0.05, 0) is 42.5 Å². The molecular weight excluding hydrogens is 377 g/mol.